The molecular weight excluding hydrogens is 252 g/mol. The molecule has 2 N–H and O–H groups in total. The quantitative estimate of drug-likeness (QED) is 0.865. The molecule has 1 aromatic carbocycles. The molecule has 3 rings (SSSR count). The van der Waals surface area contributed by atoms with Crippen molar-refractivity contribution in [3.63, 3.8) is 0 Å². The van der Waals surface area contributed by atoms with Crippen LogP contribution in [0.25, 0.3) is 0 Å². The molecule has 2 aliphatic carbocycles. The lowest BCUT2D eigenvalue weighted by Gasteiger charge is -2.17. The van der Waals surface area contributed by atoms with E-state index in [1.165, 1.54) is 32.6 Å². The molecule has 2 saturated carbocycles. The fourth-order valence-electron chi connectivity index (χ4n) is 2.71. The number of hydrogen-bond acceptors (Lipinski definition) is 2. The van der Waals surface area contributed by atoms with E-state index in [9.17, 15) is 9.59 Å². The van der Waals surface area contributed by atoms with Crippen molar-refractivity contribution in [3.05, 3.63) is 29.8 Å². The summed E-state index contributed by atoms with van der Waals surface area (Å²) in [4.78, 5) is 23.4. The number of benzene rings is 1. The molecule has 0 heterocycles. The van der Waals surface area contributed by atoms with Gasteiger partial charge in [-0.15, -0.1) is 0 Å². The van der Waals surface area contributed by atoms with E-state index in [0.717, 1.165) is 0 Å². The van der Waals surface area contributed by atoms with Crippen LogP contribution in [0.15, 0.2) is 24.3 Å². The molecule has 0 aromatic heterocycles. The van der Waals surface area contributed by atoms with Crippen LogP contribution in [0.4, 0.5) is 5.69 Å². The maximum atomic E-state index is 12.3. The molecular formula is C16H20N2O2. The van der Waals surface area contributed by atoms with Crippen molar-refractivity contribution >= 4 is 17.5 Å². The number of carbonyl (C=O) groups is 2. The number of rotatable bonds is 5. The van der Waals surface area contributed by atoms with Crippen molar-refractivity contribution in [2.24, 2.45) is 11.8 Å². The molecule has 0 spiro atoms. The average molecular weight is 272 g/mol. The Balaban J connectivity index is 1.68. The summed E-state index contributed by atoms with van der Waals surface area (Å²) in [6.45, 7) is 1.46. The molecule has 4 heteroatoms. The van der Waals surface area contributed by atoms with Crippen LogP contribution in [-0.2, 0) is 4.79 Å². The van der Waals surface area contributed by atoms with Gasteiger partial charge in [0.1, 0.15) is 0 Å². The molecule has 4 nitrogen and oxygen atoms in total. The lowest BCUT2D eigenvalue weighted by molar-refractivity contribution is -0.114. The Morgan fingerprint density at radius 1 is 1.15 bits per heavy atom. The first kappa shape index (κ1) is 13.2. The Bertz CT molecular complexity index is 521. The highest BCUT2D eigenvalue weighted by Gasteiger charge is 2.42. The minimum atomic E-state index is -0.128. The number of hydrogen-bond donors (Lipinski definition) is 2. The van der Waals surface area contributed by atoms with Gasteiger partial charge in [0.05, 0.1) is 0 Å². The van der Waals surface area contributed by atoms with Gasteiger partial charge in [0, 0.05) is 24.2 Å². The zero-order chi connectivity index (χ0) is 14.1. The largest absolute Gasteiger partial charge is 0.349 e. The van der Waals surface area contributed by atoms with Gasteiger partial charge in [-0.25, -0.2) is 0 Å². The number of anilines is 1. The lowest BCUT2D eigenvalue weighted by Crippen LogP contribution is -2.38. The second kappa shape index (κ2) is 5.27. The molecule has 0 unspecified atom stereocenters. The van der Waals surface area contributed by atoms with Gasteiger partial charge >= 0.3 is 0 Å². The smallest absolute Gasteiger partial charge is 0.251 e. The molecule has 20 heavy (non-hydrogen) atoms. The van der Waals surface area contributed by atoms with Gasteiger partial charge in [-0.3, -0.25) is 9.59 Å². The van der Waals surface area contributed by atoms with Crippen LogP contribution in [0.5, 0.6) is 0 Å². The minimum absolute atomic E-state index is 0.0268. The topological polar surface area (TPSA) is 58.2 Å². The Morgan fingerprint density at radius 3 is 2.35 bits per heavy atom. The summed E-state index contributed by atoms with van der Waals surface area (Å²) < 4.78 is 0. The van der Waals surface area contributed by atoms with E-state index in [1.54, 1.807) is 24.3 Å². The van der Waals surface area contributed by atoms with Crippen molar-refractivity contribution in [3.8, 4) is 0 Å². The van der Waals surface area contributed by atoms with Crippen LogP contribution in [0, 0.1) is 11.8 Å². The third-order valence-corrected chi connectivity index (χ3v) is 4.00. The van der Waals surface area contributed by atoms with Crippen molar-refractivity contribution in [1.29, 1.82) is 0 Å². The van der Waals surface area contributed by atoms with Crippen LogP contribution < -0.4 is 10.6 Å². The molecule has 0 bridgehead atoms. The molecule has 1 aromatic rings. The van der Waals surface area contributed by atoms with E-state index >= 15 is 0 Å². The Kier molecular flexibility index (Phi) is 3.47. The monoisotopic (exact) mass is 272 g/mol. The highest BCUT2D eigenvalue weighted by atomic mass is 16.2. The molecule has 106 valence electrons. The predicted molar refractivity (Wildman–Crippen MR) is 77.4 cm³/mol. The zero-order valence-electron chi connectivity index (χ0n) is 11.7. The second-order valence-electron chi connectivity index (χ2n) is 5.94. The minimum Gasteiger partial charge on any atom is -0.349 e. The van der Waals surface area contributed by atoms with Crippen LogP contribution in [0.1, 0.15) is 43.0 Å². The van der Waals surface area contributed by atoms with Crippen molar-refractivity contribution in [2.75, 3.05) is 5.32 Å². The summed E-state index contributed by atoms with van der Waals surface area (Å²) in [5.41, 5.74) is 1.28. The van der Waals surface area contributed by atoms with Crippen LogP contribution in [0.3, 0.4) is 0 Å². The first-order valence-electron chi connectivity index (χ1n) is 7.32. The summed E-state index contributed by atoms with van der Waals surface area (Å²) in [6, 6.07) is 7.46. The maximum absolute atomic E-state index is 12.3. The van der Waals surface area contributed by atoms with Crippen molar-refractivity contribution < 1.29 is 9.59 Å². The van der Waals surface area contributed by atoms with Gasteiger partial charge in [-0.2, -0.15) is 0 Å². The first-order valence-corrected chi connectivity index (χ1v) is 7.32. The second-order valence-corrected chi connectivity index (χ2v) is 5.94. The van der Waals surface area contributed by atoms with Gasteiger partial charge in [-0.05, 0) is 55.7 Å². The number of amides is 2. The van der Waals surface area contributed by atoms with E-state index in [-0.39, 0.29) is 11.8 Å². The fourth-order valence-corrected chi connectivity index (χ4v) is 2.71. The molecule has 0 radical (unpaired) electrons. The van der Waals surface area contributed by atoms with E-state index in [0.29, 0.717) is 29.1 Å². The SMILES string of the molecule is CC(=O)Nc1cccc(C(=O)NC(C2CC2)C2CC2)c1. The normalized spacial score (nSPS) is 17.9. The zero-order valence-corrected chi connectivity index (χ0v) is 11.7. The maximum Gasteiger partial charge on any atom is 0.251 e. The summed E-state index contributed by atoms with van der Waals surface area (Å²) in [5, 5.41) is 5.89. The highest BCUT2D eigenvalue weighted by molar-refractivity contribution is 5.97. The predicted octanol–water partition coefficient (Wildman–Crippen LogP) is 2.56. The fraction of sp³-hybridized carbons (Fsp3) is 0.500. The summed E-state index contributed by atoms with van der Waals surface area (Å²) in [6.07, 6.45) is 4.97. The molecule has 0 saturated heterocycles. The average Bonchev–Trinajstić information content (AvgIpc) is 3.28. The van der Waals surface area contributed by atoms with Crippen molar-refractivity contribution in [1.82, 2.24) is 5.32 Å². The van der Waals surface area contributed by atoms with E-state index < -0.39 is 0 Å². The molecule has 2 aliphatic rings. The van der Waals surface area contributed by atoms with Crippen LogP contribution >= 0.6 is 0 Å². The molecule has 2 fully saturated rings. The third-order valence-electron chi connectivity index (χ3n) is 4.00. The molecule has 0 aliphatic heterocycles. The van der Waals surface area contributed by atoms with Gasteiger partial charge in [0.25, 0.3) is 5.91 Å². The van der Waals surface area contributed by atoms with E-state index in [2.05, 4.69) is 10.6 Å². The summed E-state index contributed by atoms with van der Waals surface area (Å²) >= 11 is 0. The summed E-state index contributed by atoms with van der Waals surface area (Å²) in [5.74, 6) is 1.22. The third kappa shape index (κ3) is 3.18. The number of carbonyl (C=O) groups excluding carboxylic acids is 2. The summed E-state index contributed by atoms with van der Waals surface area (Å²) in [7, 11) is 0. The van der Waals surface area contributed by atoms with Gasteiger partial charge in [0.15, 0.2) is 0 Å². The van der Waals surface area contributed by atoms with Crippen LogP contribution in [-0.4, -0.2) is 17.9 Å². The Labute approximate surface area is 118 Å². The highest BCUT2D eigenvalue weighted by Crippen LogP contribution is 2.44. The Hall–Kier alpha value is -1.84. The van der Waals surface area contributed by atoms with E-state index in [1.807, 2.05) is 0 Å². The molecule has 2 amide bonds. The molecule has 0 atom stereocenters. The van der Waals surface area contributed by atoms with E-state index in [4.69, 9.17) is 0 Å². The van der Waals surface area contributed by atoms with Gasteiger partial charge in [0.2, 0.25) is 5.91 Å². The van der Waals surface area contributed by atoms with Crippen molar-refractivity contribution in [2.45, 2.75) is 38.6 Å². The first-order chi connectivity index (χ1) is 9.63. The van der Waals surface area contributed by atoms with Gasteiger partial charge in [-0.1, -0.05) is 6.07 Å². The number of nitrogens with one attached hydrogen (secondary N) is 2. The van der Waals surface area contributed by atoms with Gasteiger partial charge < -0.3 is 10.6 Å². The van der Waals surface area contributed by atoms with Crippen LogP contribution in [0.2, 0.25) is 0 Å². The standard InChI is InChI=1S/C16H20N2O2/c1-10(19)17-14-4-2-3-13(9-14)16(20)18-15(11-5-6-11)12-7-8-12/h2-4,9,11-12,15H,5-8H2,1H3,(H,17,19)(H,18,20). The lowest BCUT2D eigenvalue weighted by atomic mass is 10.1. The Morgan fingerprint density at radius 2 is 1.80 bits per heavy atom.